The fourth-order valence-corrected chi connectivity index (χ4v) is 1.04. The van der Waals surface area contributed by atoms with Crippen LogP contribution in [0.5, 0.6) is 0 Å². The number of rotatable bonds is 3. The van der Waals surface area contributed by atoms with Crippen molar-refractivity contribution in [2.24, 2.45) is 0 Å². The van der Waals surface area contributed by atoms with E-state index < -0.39 is 12.1 Å². The number of carbonyl (C=O) groups excluding carboxylic acids is 1. The van der Waals surface area contributed by atoms with Gasteiger partial charge in [-0.15, -0.1) is 6.58 Å². The summed E-state index contributed by atoms with van der Waals surface area (Å²) < 4.78 is 12.8. The Morgan fingerprint density at radius 3 is 2.31 bits per heavy atom. The molecule has 0 saturated heterocycles. The third-order valence-electron chi connectivity index (χ3n) is 1.73. The minimum atomic E-state index is -1.45. The van der Waals surface area contributed by atoms with Gasteiger partial charge < -0.3 is 4.90 Å². The van der Waals surface area contributed by atoms with Crippen LogP contribution in [0.2, 0.25) is 0 Å². The Balaban J connectivity index is 4.61. The van der Waals surface area contributed by atoms with Crippen molar-refractivity contribution in [1.82, 2.24) is 4.90 Å². The molecule has 0 radical (unpaired) electrons. The van der Waals surface area contributed by atoms with Gasteiger partial charge in [-0.1, -0.05) is 6.08 Å². The molecule has 0 saturated carbocycles. The molecule has 13 heavy (non-hydrogen) atoms. The second kappa shape index (κ2) is 4.40. The lowest BCUT2D eigenvalue weighted by molar-refractivity contribution is -0.140. The molecule has 0 heterocycles. The number of amides is 1. The van der Waals surface area contributed by atoms with Crippen LogP contribution in [-0.4, -0.2) is 29.1 Å². The molecule has 0 unspecified atom stereocenters. The number of nitrogens with zero attached hydrogens (tertiary/aromatic N) is 1. The van der Waals surface area contributed by atoms with Crippen LogP contribution in [-0.2, 0) is 4.79 Å². The van der Waals surface area contributed by atoms with Crippen molar-refractivity contribution in [3.05, 3.63) is 12.7 Å². The third-order valence-corrected chi connectivity index (χ3v) is 1.73. The summed E-state index contributed by atoms with van der Waals surface area (Å²) in [5.74, 6) is -0.479. The molecule has 76 valence electrons. The molecule has 0 N–H and O–H groups in total. The first-order chi connectivity index (χ1) is 5.80. The molecule has 0 aliphatic heterocycles. The molecule has 1 amide bonds. The molecule has 2 nitrogen and oxygen atoms in total. The van der Waals surface area contributed by atoms with E-state index in [1.54, 1.807) is 6.08 Å². The second-order valence-corrected chi connectivity index (χ2v) is 4.02. The van der Waals surface area contributed by atoms with Gasteiger partial charge in [0, 0.05) is 12.1 Å². The molecule has 0 aliphatic rings. The maximum absolute atomic E-state index is 12.8. The van der Waals surface area contributed by atoms with E-state index in [9.17, 15) is 9.18 Å². The van der Waals surface area contributed by atoms with Crippen molar-refractivity contribution in [3.8, 4) is 0 Å². The van der Waals surface area contributed by atoms with Crippen LogP contribution in [0.3, 0.4) is 0 Å². The minimum Gasteiger partial charge on any atom is -0.332 e. The van der Waals surface area contributed by atoms with Crippen LogP contribution in [0.4, 0.5) is 4.39 Å². The highest BCUT2D eigenvalue weighted by Gasteiger charge is 2.28. The van der Waals surface area contributed by atoms with Gasteiger partial charge in [0.25, 0.3) is 5.91 Å². The highest BCUT2D eigenvalue weighted by molar-refractivity contribution is 5.81. The molecule has 0 aromatic carbocycles. The van der Waals surface area contributed by atoms with E-state index >= 15 is 0 Å². The zero-order valence-electron chi connectivity index (χ0n) is 8.80. The summed E-state index contributed by atoms with van der Waals surface area (Å²) in [5, 5.41) is 0. The lowest BCUT2D eigenvalue weighted by Gasteiger charge is -2.35. The minimum absolute atomic E-state index is 0.356. The first-order valence-corrected chi connectivity index (χ1v) is 4.37. The molecule has 0 aromatic rings. The Kier molecular flexibility index (Phi) is 4.11. The molecule has 1 atom stereocenters. The van der Waals surface area contributed by atoms with Gasteiger partial charge in [-0.25, -0.2) is 4.39 Å². The Labute approximate surface area is 79.4 Å². The van der Waals surface area contributed by atoms with Gasteiger partial charge in [-0.05, 0) is 27.7 Å². The van der Waals surface area contributed by atoms with Gasteiger partial charge in [-0.3, -0.25) is 4.79 Å². The monoisotopic (exact) mass is 187 g/mol. The van der Waals surface area contributed by atoms with Gasteiger partial charge >= 0.3 is 0 Å². The zero-order valence-corrected chi connectivity index (χ0v) is 8.80. The Bertz CT molecular complexity index is 194. The fraction of sp³-hybridized carbons (Fsp3) is 0.700. The lowest BCUT2D eigenvalue weighted by Crippen LogP contribution is -2.48. The number of hydrogen-bond acceptors (Lipinski definition) is 1. The van der Waals surface area contributed by atoms with Gasteiger partial charge in [0.15, 0.2) is 6.17 Å². The third kappa shape index (κ3) is 3.57. The zero-order chi connectivity index (χ0) is 10.6. The van der Waals surface area contributed by atoms with E-state index in [-0.39, 0.29) is 5.54 Å². The highest BCUT2D eigenvalue weighted by atomic mass is 19.1. The topological polar surface area (TPSA) is 20.3 Å². The summed E-state index contributed by atoms with van der Waals surface area (Å²) in [6.07, 6.45) is 0.157. The van der Waals surface area contributed by atoms with Crippen LogP contribution in [0.1, 0.15) is 27.7 Å². The average molecular weight is 187 g/mol. The van der Waals surface area contributed by atoms with Gasteiger partial charge in [0.05, 0.1) is 0 Å². The molecule has 0 bridgehead atoms. The maximum Gasteiger partial charge on any atom is 0.257 e. The number of carbonyl (C=O) groups is 1. The Morgan fingerprint density at radius 1 is 1.62 bits per heavy atom. The van der Waals surface area contributed by atoms with Gasteiger partial charge in [-0.2, -0.15) is 0 Å². The van der Waals surface area contributed by atoms with Crippen LogP contribution >= 0.6 is 0 Å². The van der Waals surface area contributed by atoms with Crippen molar-refractivity contribution in [3.63, 3.8) is 0 Å². The quantitative estimate of drug-likeness (QED) is 0.620. The van der Waals surface area contributed by atoms with Gasteiger partial charge in [0.1, 0.15) is 0 Å². The molecule has 3 heteroatoms. The lowest BCUT2D eigenvalue weighted by atomic mass is 10.1. The molecule has 0 aromatic heterocycles. The average Bonchev–Trinajstić information content (AvgIpc) is 1.96. The maximum atomic E-state index is 12.8. The van der Waals surface area contributed by atoms with Crippen LogP contribution in [0.15, 0.2) is 12.7 Å². The smallest absolute Gasteiger partial charge is 0.257 e. The summed E-state index contributed by atoms with van der Waals surface area (Å²) in [6, 6.07) is 0. The standard InChI is InChI=1S/C10H18FNO/c1-6-7-12(10(3,4)5)9(13)8(2)11/h6,8H,1,7H2,2-5H3/t8-/m0/s1. The molecule has 0 fully saturated rings. The summed E-state index contributed by atoms with van der Waals surface area (Å²) in [5.41, 5.74) is -0.356. The van der Waals surface area contributed by atoms with E-state index in [1.807, 2.05) is 20.8 Å². The van der Waals surface area contributed by atoms with Crippen molar-refractivity contribution in [2.75, 3.05) is 6.54 Å². The predicted octanol–water partition coefficient (Wildman–Crippen LogP) is 2.16. The molecular weight excluding hydrogens is 169 g/mol. The van der Waals surface area contributed by atoms with Crippen molar-refractivity contribution >= 4 is 5.91 Å². The summed E-state index contributed by atoms with van der Waals surface area (Å²) in [7, 11) is 0. The predicted molar refractivity (Wildman–Crippen MR) is 52.2 cm³/mol. The van der Waals surface area contributed by atoms with E-state index in [4.69, 9.17) is 0 Å². The van der Waals surface area contributed by atoms with E-state index in [0.717, 1.165) is 0 Å². The number of halogens is 1. The Hall–Kier alpha value is -0.860. The van der Waals surface area contributed by atoms with E-state index in [1.165, 1.54) is 11.8 Å². The van der Waals surface area contributed by atoms with E-state index in [2.05, 4.69) is 6.58 Å². The van der Waals surface area contributed by atoms with Crippen LogP contribution in [0.25, 0.3) is 0 Å². The van der Waals surface area contributed by atoms with Crippen LogP contribution < -0.4 is 0 Å². The normalized spacial score (nSPS) is 13.6. The molecule has 0 rings (SSSR count). The number of hydrogen-bond donors (Lipinski definition) is 0. The van der Waals surface area contributed by atoms with Gasteiger partial charge in [0.2, 0.25) is 0 Å². The van der Waals surface area contributed by atoms with Crippen molar-refractivity contribution < 1.29 is 9.18 Å². The number of alkyl halides is 1. The molecular formula is C10H18FNO. The summed E-state index contributed by atoms with van der Waals surface area (Å²) in [4.78, 5) is 12.9. The Morgan fingerprint density at radius 2 is 2.08 bits per heavy atom. The molecule has 0 aliphatic carbocycles. The largest absolute Gasteiger partial charge is 0.332 e. The van der Waals surface area contributed by atoms with Crippen LogP contribution in [0, 0.1) is 0 Å². The SMILES string of the molecule is C=CCN(C(=O)[C@H](C)F)C(C)(C)C. The fourth-order valence-electron chi connectivity index (χ4n) is 1.04. The summed E-state index contributed by atoms with van der Waals surface area (Å²) in [6.45, 7) is 10.8. The second-order valence-electron chi connectivity index (χ2n) is 4.02. The van der Waals surface area contributed by atoms with Crippen molar-refractivity contribution in [2.45, 2.75) is 39.4 Å². The summed E-state index contributed by atoms with van der Waals surface area (Å²) >= 11 is 0. The first-order valence-electron chi connectivity index (χ1n) is 4.37. The first kappa shape index (κ1) is 12.1. The van der Waals surface area contributed by atoms with E-state index in [0.29, 0.717) is 6.54 Å². The molecule has 0 spiro atoms. The van der Waals surface area contributed by atoms with Crippen molar-refractivity contribution in [1.29, 1.82) is 0 Å². The highest BCUT2D eigenvalue weighted by Crippen LogP contribution is 2.15.